The molecule has 1 heterocycles. The predicted molar refractivity (Wildman–Crippen MR) is 60.8 cm³/mol. The van der Waals surface area contributed by atoms with Crippen molar-refractivity contribution in [3.05, 3.63) is 30.0 Å². The molecule has 1 aromatic carbocycles. The first-order valence-electron chi connectivity index (χ1n) is 4.79. The second-order valence-electron chi connectivity index (χ2n) is 3.27. The van der Waals surface area contributed by atoms with Crippen LogP contribution in [0.25, 0.3) is 5.69 Å². The van der Waals surface area contributed by atoms with Crippen molar-refractivity contribution in [2.45, 2.75) is 0 Å². The van der Waals surface area contributed by atoms with E-state index in [0.717, 1.165) is 0 Å². The van der Waals surface area contributed by atoms with Crippen LogP contribution in [-0.2, 0) is 0 Å². The van der Waals surface area contributed by atoms with Crippen LogP contribution in [0, 0.1) is 0 Å². The van der Waals surface area contributed by atoms with E-state index in [0.29, 0.717) is 11.4 Å². The molecule has 0 bridgehead atoms. The molecule has 0 saturated heterocycles. The third kappa shape index (κ3) is 1.78. The van der Waals surface area contributed by atoms with Gasteiger partial charge >= 0.3 is 0 Å². The van der Waals surface area contributed by atoms with Crippen LogP contribution in [0.4, 0.5) is 5.82 Å². The first-order valence-corrected chi connectivity index (χ1v) is 4.79. The zero-order valence-corrected chi connectivity index (χ0v) is 9.12. The second kappa shape index (κ2) is 4.12. The molecule has 2 rings (SSSR count). The Morgan fingerprint density at radius 2 is 2.12 bits per heavy atom. The van der Waals surface area contributed by atoms with Crippen LogP contribution in [0.15, 0.2) is 24.3 Å². The first-order chi connectivity index (χ1) is 8.15. The fourth-order valence-electron chi connectivity index (χ4n) is 1.45. The van der Waals surface area contributed by atoms with E-state index in [1.54, 1.807) is 18.2 Å². The molecular weight excluding hydrogens is 222 g/mol. The molecule has 0 spiro atoms. The van der Waals surface area contributed by atoms with Gasteiger partial charge in [0.15, 0.2) is 11.5 Å². The number of carbonyl (C=O) groups is 1. The summed E-state index contributed by atoms with van der Waals surface area (Å²) in [5, 5.41) is 7.40. The van der Waals surface area contributed by atoms with Crippen molar-refractivity contribution in [3.8, 4) is 11.4 Å². The average molecular weight is 233 g/mol. The molecule has 7 heteroatoms. The van der Waals surface area contributed by atoms with Gasteiger partial charge in [0.25, 0.3) is 5.91 Å². The monoisotopic (exact) mass is 233 g/mol. The van der Waals surface area contributed by atoms with Gasteiger partial charge in [-0.1, -0.05) is 17.3 Å². The topological polar surface area (TPSA) is 109 Å². The zero-order chi connectivity index (χ0) is 12.4. The quantitative estimate of drug-likeness (QED) is 0.772. The van der Waals surface area contributed by atoms with Crippen LogP contribution < -0.4 is 16.2 Å². The van der Waals surface area contributed by atoms with Crippen molar-refractivity contribution in [1.29, 1.82) is 0 Å². The number of nitrogen functional groups attached to an aromatic ring is 1. The Hall–Kier alpha value is -2.57. The molecule has 0 aliphatic rings. The minimum Gasteiger partial charge on any atom is -0.494 e. The Kier molecular flexibility index (Phi) is 2.65. The summed E-state index contributed by atoms with van der Waals surface area (Å²) >= 11 is 0. The van der Waals surface area contributed by atoms with E-state index in [1.165, 1.54) is 11.8 Å². The largest absolute Gasteiger partial charge is 0.494 e. The predicted octanol–water partition coefficient (Wildman–Crippen LogP) is -0.0430. The Morgan fingerprint density at radius 1 is 1.41 bits per heavy atom. The van der Waals surface area contributed by atoms with Crippen molar-refractivity contribution >= 4 is 11.7 Å². The van der Waals surface area contributed by atoms with Gasteiger partial charge in [-0.3, -0.25) is 4.79 Å². The van der Waals surface area contributed by atoms with Crippen LogP contribution in [0.2, 0.25) is 0 Å². The summed E-state index contributed by atoms with van der Waals surface area (Å²) in [5.41, 5.74) is 11.4. The van der Waals surface area contributed by atoms with Gasteiger partial charge in [-0.2, -0.15) is 4.68 Å². The molecule has 0 aliphatic heterocycles. The maximum absolute atomic E-state index is 11.0. The Morgan fingerprint density at radius 3 is 2.71 bits per heavy atom. The van der Waals surface area contributed by atoms with Crippen molar-refractivity contribution in [2.24, 2.45) is 5.73 Å². The lowest BCUT2D eigenvalue weighted by Crippen LogP contribution is -2.14. The zero-order valence-electron chi connectivity index (χ0n) is 9.12. The van der Waals surface area contributed by atoms with E-state index in [-0.39, 0.29) is 11.5 Å². The molecule has 0 unspecified atom stereocenters. The van der Waals surface area contributed by atoms with E-state index >= 15 is 0 Å². The van der Waals surface area contributed by atoms with Crippen LogP contribution in [0.5, 0.6) is 5.75 Å². The summed E-state index contributed by atoms with van der Waals surface area (Å²) in [6, 6.07) is 7.10. The molecule has 0 saturated carbocycles. The van der Waals surface area contributed by atoms with Crippen molar-refractivity contribution in [3.63, 3.8) is 0 Å². The lowest BCUT2D eigenvalue weighted by molar-refractivity contribution is 0.0996. The average Bonchev–Trinajstić information content (AvgIpc) is 2.71. The van der Waals surface area contributed by atoms with Gasteiger partial charge in [-0.05, 0) is 12.1 Å². The van der Waals surface area contributed by atoms with Gasteiger partial charge in [0.05, 0.1) is 7.11 Å². The molecular formula is C10H11N5O2. The van der Waals surface area contributed by atoms with E-state index in [1.807, 2.05) is 6.07 Å². The molecule has 1 amide bonds. The highest BCUT2D eigenvalue weighted by molar-refractivity contribution is 5.95. The summed E-state index contributed by atoms with van der Waals surface area (Å²) in [5.74, 6) is -0.0641. The number of nitrogens with zero attached hydrogens (tertiary/aromatic N) is 3. The van der Waals surface area contributed by atoms with Crippen LogP contribution in [0.3, 0.4) is 0 Å². The SMILES string of the molecule is COc1ccccc1-n1nnc(C(N)=O)c1N. The van der Waals surface area contributed by atoms with E-state index in [2.05, 4.69) is 10.3 Å². The second-order valence-corrected chi connectivity index (χ2v) is 3.27. The molecule has 0 aliphatic carbocycles. The Labute approximate surface area is 97.0 Å². The number of benzene rings is 1. The van der Waals surface area contributed by atoms with E-state index in [4.69, 9.17) is 16.2 Å². The third-order valence-corrected chi connectivity index (χ3v) is 2.25. The number of nitrogens with two attached hydrogens (primary N) is 2. The molecule has 17 heavy (non-hydrogen) atoms. The molecule has 88 valence electrons. The number of anilines is 1. The Bertz CT molecular complexity index is 564. The summed E-state index contributed by atoms with van der Waals surface area (Å²) < 4.78 is 6.47. The molecule has 0 radical (unpaired) electrons. The van der Waals surface area contributed by atoms with Crippen LogP contribution >= 0.6 is 0 Å². The van der Waals surface area contributed by atoms with Gasteiger partial charge in [0.1, 0.15) is 11.4 Å². The van der Waals surface area contributed by atoms with Crippen molar-refractivity contribution in [2.75, 3.05) is 12.8 Å². The number of carbonyl (C=O) groups excluding carboxylic acids is 1. The van der Waals surface area contributed by atoms with E-state index < -0.39 is 5.91 Å². The third-order valence-electron chi connectivity index (χ3n) is 2.25. The fraction of sp³-hybridized carbons (Fsp3) is 0.100. The summed E-state index contributed by atoms with van der Waals surface area (Å²) in [7, 11) is 1.53. The summed E-state index contributed by atoms with van der Waals surface area (Å²) in [6.45, 7) is 0. The highest BCUT2D eigenvalue weighted by atomic mass is 16.5. The lowest BCUT2D eigenvalue weighted by atomic mass is 10.3. The smallest absolute Gasteiger partial charge is 0.273 e. The minimum atomic E-state index is -0.719. The standard InChI is InChI=1S/C10H11N5O2/c1-17-7-5-3-2-4-6(7)15-9(11)8(10(12)16)13-14-15/h2-5H,11H2,1H3,(H2,12,16). The molecule has 7 nitrogen and oxygen atoms in total. The van der Waals surface area contributed by atoms with Gasteiger partial charge in [-0.25, -0.2) is 0 Å². The minimum absolute atomic E-state index is 0.0593. The Balaban J connectivity index is 2.57. The summed E-state index contributed by atoms with van der Waals surface area (Å²) in [4.78, 5) is 11.0. The number of primary amides is 1. The molecule has 1 aromatic heterocycles. The van der Waals surface area contributed by atoms with E-state index in [9.17, 15) is 4.79 Å². The molecule has 2 aromatic rings. The first kappa shape index (κ1) is 10.9. The van der Waals surface area contributed by atoms with Gasteiger partial charge in [-0.15, -0.1) is 5.10 Å². The summed E-state index contributed by atoms with van der Waals surface area (Å²) in [6.07, 6.45) is 0. The van der Waals surface area contributed by atoms with Gasteiger partial charge < -0.3 is 16.2 Å². The van der Waals surface area contributed by atoms with Crippen LogP contribution in [-0.4, -0.2) is 28.0 Å². The molecule has 0 fully saturated rings. The highest BCUT2D eigenvalue weighted by Crippen LogP contribution is 2.24. The van der Waals surface area contributed by atoms with Gasteiger partial charge in [0, 0.05) is 0 Å². The maximum atomic E-state index is 11.0. The number of methoxy groups -OCH3 is 1. The highest BCUT2D eigenvalue weighted by Gasteiger charge is 2.17. The number of para-hydroxylation sites is 2. The number of hydrogen-bond acceptors (Lipinski definition) is 5. The lowest BCUT2D eigenvalue weighted by Gasteiger charge is -2.08. The number of hydrogen-bond donors (Lipinski definition) is 2. The molecule has 4 N–H and O–H groups in total. The number of rotatable bonds is 3. The number of ether oxygens (including phenoxy) is 1. The fourth-order valence-corrected chi connectivity index (χ4v) is 1.45. The van der Waals surface area contributed by atoms with Crippen molar-refractivity contribution in [1.82, 2.24) is 15.0 Å². The normalized spacial score (nSPS) is 10.2. The number of amides is 1. The molecule has 0 atom stereocenters. The van der Waals surface area contributed by atoms with Gasteiger partial charge in [0.2, 0.25) is 0 Å². The van der Waals surface area contributed by atoms with Crippen LogP contribution in [0.1, 0.15) is 10.5 Å². The van der Waals surface area contributed by atoms with Crippen molar-refractivity contribution < 1.29 is 9.53 Å². The maximum Gasteiger partial charge on any atom is 0.273 e. The number of aromatic nitrogens is 3.